The number of methoxy groups -OCH3 is 3. The van der Waals surface area contributed by atoms with Crippen LogP contribution in [0.25, 0.3) is 0 Å². The number of carbonyl (C=O) groups is 1. The molecule has 2 rings (SSSR count). The molecule has 5 nitrogen and oxygen atoms in total. The molecule has 1 amide bonds. The van der Waals surface area contributed by atoms with Crippen molar-refractivity contribution >= 4 is 34.8 Å². The number of rotatable bonds is 7. The molecule has 0 bridgehead atoms. The third-order valence-corrected chi connectivity index (χ3v) is 4.12. The molecule has 0 saturated heterocycles. The fourth-order valence-corrected chi connectivity index (χ4v) is 2.80. The van der Waals surface area contributed by atoms with Crippen molar-refractivity contribution in [2.24, 2.45) is 0 Å². The van der Waals surface area contributed by atoms with E-state index >= 15 is 0 Å². The number of amides is 1. The van der Waals surface area contributed by atoms with Gasteiger partial charge in [0, 0.05) is 11.4 Å². The summed E-state index contributed by atoms with van der Waals surface area (Å²) in [5.41, 5.74) is 1.42. The second-order valence-electron chi connectivity index (χ2n) is 5.21. The molecule has 0 atom stereocenters. The Hall–Kier alpha value is -2.11. The number of halogens is 2. The number of nitrogens with one attached hydrogen (secondary N) is 1. The fourth-order valence-electron chi connectivity index (χ4n) is 2.34. The maximum absolute atomic E-state index is 12.2. The third-order valence-electron chi connectivity index (χ3n) is 3.57. The molecule has 7 heteroatoms. The van der Waals surface area contributed by atoms with E-state index in [1.807, 2.05) is 12.1 Å². The summed E-state index contributed by atoms with van der Waals surface area (Å²) in [4.78, 5) is 12.2. The van der Waals surface area contributed by atoms with E-state index in [2.05, 4.69) is 5.32 Å². The van der Waals surface area contributed by atoms with Gasteiger partial charge in [-0.2, -0.15) is 0 Å². The highest BCUT2D eigenvalue weighted by Gasteiger charge is 2.14. The van der Waals surface area contributed by atoms with Crippen LogP contribution in [-0.4, -0.2) is 27.2 Å². The first kappa shape index (κ1) is 19.2. The average Bonchev–Trinajstić information content (AvgIpc) is 2.61. The van der Waals surface area contributed by atoms with Gasteiger partial charge in [0.2, 0.25) is 11.7 Å². The molecule has 2 aromatic carbocycles. The van der Waals surface area contributed by atoms with E-state index in [0.29, 0.717) is 39.4 Å². The molecule has 25 heavy (non-hydrogen) atoms. The number of anilines is 1. The number of carbonyl (C=O) groups excluding carboxylic acids is 1. The molecule has 0 unspecified atom stereocenters. The summed E-state index contributed by atoms with van der Waals surface area (Å²) in [6.45, 7) is 0. The smallest absolute Gasteiger partial charge is 0.224 e. The first-order valence-corrected chi connectivity index (χ1v) is 8.27. The van der Waals surface area contributed by atoms with Crippen LogP contribution in [0.3, 0.4) is 0 Å². The van der Waals surface area contributed by atoms with Crippen LogP contribution in [0.4, 0.5) is 5.69 Å². The van der Waals surface area contributed by atoms with E-state index in [1.165, 1.54) is 0 Å². The van der Waals surface area contributed by atoms with E-state index < -0.39 is 0 Å². The molecule has 0 aliphatic rings. The van der Waals surface area contributed by atoms with Crippen LogP contribution in [0.15, 0.2) is 30.3 Å². The minimum atomic E-state index is -0.155. The molecule has 0 aliphatic carbocycles. The standard InChI is InChI=1S/C18H19Cl2NO4/c1-23-15-8-11(9-16(24-2)18(15)25-3)4-7-17(22)21-14-6-5-12(19)10-13(14)20/h5-6,8-10H,4,7H2,1-3H3,(H,21,22). The second kappa shape index (κ2) is 8.83. The predicted molar refractivity (Wildman–Crippen MR) is 99.5 cm³/mol. The first-order chi connectivity index (χ1) is 12.0. The number of ether oxygens (including phenoxy) is 3. The van der Waals surface area contributed by atoms with E-state index in [1.54, 1.807) is 39.5 Å². The molecular formula is C18H19Cl2NO4. The highest BCUT2D eigenvalue weighted by atomic mass is 35.5. The average molecular weight is 384 g/mol. The number of hydrogen-bond donors (Lipinski definition) is 1. The largest absolute Gasteiger partial charge is 0.493 e. The topological polar surface area (TPSA) is 56.8 Å². The molecule has 2 aromatic rings. The van der Waals surface area contributed by atoms with E-state index in [9.17, 15) is 4.79 Å². The monoisotopic (exact) mass is 383 g/mol. The number of hydrogen-bond acceptors (Lipinski definition) is 4. The Bertz CT molecular complexity index is 740. The lowest BCUT2D eigenvalue weighted by atomic mass is 10.1. The van der Waals surface area contributed by atoms with Gasteiger partial charge >= 0.3 is 0 Å². The summed E-state index contributed by atoms with van der Waals surface area (Å²) in [7, 11) is 4.65. The van der Waals surface area contributed by atoms with Gasteiger partial charge in [0.15, 0.2) is 11.5 Å². The molecule has 0 aromatic heterocycles. The normalized spacial score (nSPS) is 10.3. The Morgan fingerprint density at radius 2 is 1.64 bits per heavy atom. The molecule has 134 valence electrons. The van der Waals surface area contributed by atoms with Crippen LogP contribution in [0.1, 0.15) is 12.0 Å². The van der Waals surface area contributed by atoms with Gasteiger partial charge in [0.1, 0.15) is 0 Å². The van der Waals surface area contributed by atoms with Crippen LogP contribution in [0.5, 0.6) is 17.2 Å². The van der Waals surface area contributed by atoms with Crippen LogP contribution in [0.2, 0.25) is 10.0 Å². The minimum Gasteiger partial charge on any atom is -0.493 e. The van der Waals surface area contributed by atoms with Crippen LogP contribution < -0.4 is 19.5 Å². The maximum atomic E-state index is 12.2. The van der Waals surface area contributed by atoms with Crippen molar-refractivity contribution < 1.29 is 19.0 Å². The third kappa shape index (κ3) is 4.94. The van der Waals surface area contributed by atoms with Crippen molar-refractivity contribution in [2.75, 3.05) is 26.6 Å². The summed E-state index contributed by atoms with van der Waals surface area (Å²) >= 11 is 11.9. The van der Waals surface area contributed by atoms with Gasteiger partial charge in [0.05, 0.1) is 32.0 Å². The van der Waals surface area contributed by atoms with Gasteiger partial charge in [-0.3, -0.25) is 4.79 Å². The van der Waals surface area contributed by atoms with Crippen molar-refractivity contribution in [1.82, 2.24) is 0 Å². The zero-order chi connectivity index (χ0) is 18.4. The molecule has 0 fully saturated rings. The van der Waals surface area contributed by atoms with Crippen molar-refractivity contribution in [3.05, 3.63) is 45.9 Å². The van der Waals surface area contributed by atoms with Gasteiger partial charge in [-0.05, 0) is 42.3 Å². The van der Waals surface area contributed by atoms with Gasteiger partial charge in [-0.25, -0.2) is 0 Å². The van der Waals surface area contributed by atoms with Gasteiger partial charge in [-0.15, -0.1) is 0 Å². The summed E-state index contributed by atoms with van der Waals surface area (Å²) < 4.78 is 15.9. The van der Waals surface area contributed by atoms with Crippen molar-refractivity contribution in [3.8, 4) is 17.2 Å². The minimum absolute atomic E-state index is 0.155. The van der Waals surface area contributed by atoms with E-state index in [0.717, 1.165) is 5.56 Å². The van der Waals surface area contributed by atoms with Crippen LogP contribution in [0, 0.1) is 0 Å². The van der Waals surface area contributed by atoms with Gasteiger partial charge in [-0.1, -0.05) is 23.2 Å². The Morgan fingerprint density at radius 3 is 2.16 bits per heavy atom. The molecular weight excluding hydrogens is 365 g/mol. The predicted octanol–water partition coefficient (Wildman–Crippen LogP) is 4.59. The highest BCUT2D eigenvalue weighted by Crippen LogP contribution is 2.38. The summed E-state index contributed by atoms with van der Waals surface area (Å²) in [5, 5.41) is 3.68. The highest BCUT2D eigenvalue weighted by molar-refractivity contribution is 6.36. The zero-order valence-electron chi connectivity index (χ0n) is 14.2. The molecule has 0 spiro atoms. The van der Waals surface area contributed by atoms with Gasteiger partial charge < -0.3 is 19.5 Å². The molecule has 0 aliphatic heterocycles. The first-order valence-electron chi connectivity index (χ1n) is 7.52. The van der Waals surface area contributed by atoms with Crippen LogP contribution in [-0.2, 0) is 11.2 Å². The maximum Gasteiger partial charge on any atom is 0.224 e. The Kier molecular flexibility index (Phi) is 6.79. The number of aryl methyl sites for hydroxylation is 1. The Labute approximate surface area is 156 Å². The van der Waals surface area contributed by atoms with E-state index in [4.69, 9.17) is 37.4 Å². The number of benzene rings is 2. The second-order valence-corrected chi connectivity index (χ2v) is 6.05. The lowest BCUT2D eigenvalue weighted by Gasteiger charge is -2.14. The van der Waals surface area contributed by atoms with Gasteiger partial charge in [0.25, 0.3) is 0 Å². The summed E-state index contributed by atoms with van der Waals surface area (Å²) in [6.07, 6.45) is 0.783. The van der Waals surface area contributed by atoms with Crippen molar-refractivity contribution in [2.45, 2.75) is 12.8 Å². The van der Waals surface area contributed by atoms with Crippen LogP contribution >= 0.6 is 23.2 Å². The molecule has 0 heterocycles. The fraction of sp³-hybridized carbons (Fsp3) is 0.278. The quantitative estimate of drug-likeness (QED) is 0.759. The zero-order valence-corrected chi connectivity index (χ0v) is 15.7. The van der Waals surface area contributed by atoms with Crippen molar-refractivity contribution in [3.63, 3.8) is 0 Å². The Balaban J connectivity index is 2.06. The summed E-state index contributed by atoms with van der Waals surface area (Å²) in [5.74, 6) is 1.47. The Morgan fingerprint density at radius 1 is 1.00 bits per heavy atom. The molecule has 0 saturated carbocycles. The lowest BCUT2D eigenvalue weighted by molar-refractivity contribution is -0.116. The molecule has 0 radical (unpaired) electrons. The van der Waals surface area contributed by atoms with Crippen molar-refractivity contribution in [1.29, 1.82) is 0 Å². The van der Waals surface area contributed by atoms with E-state index in [-0.39, 0.29) is 12.3 Å². The SMILES string of the molecule is COc1cc(CCC(=O)Nc2ccc(Cl)cc2Cl)cc(OC)c1OC. The molecule has 1 N–H and O–H groups in total. The lowest BCUT2D eigenvalue weighted by Crippen LogP contribution is -2.12. The summed E-state index contributed by atoms with van der Waals surface area (Å²) in [6, 6.07) is 8.57.